The number of carboxylic acids is 1. The van der Waals surface area contributed by atoms with Gasteiger partial charge in [0.2, 0.25) is 47.3 Å². The van der Waals surface area contributed by atoms with Crippen molar-refractivity contribution in [2.24, 2.45) is 39.8 Å². The molecule has 0 radical (unpaired) electrons. The van der Waals surface area contributed by atoms with E-state index in [-0.39, 0.29) is 62.0 Å². The molecule has 0 aliphatic heterocycles. The van der Waals surface area contributed by atoms with Crippen molar-refractivity contribution in [3.05, 3.63) is 59.7 Å². The quantitative estimate of drug-likeness (QED) is 0.0219. The first kappa shape index (κ1) is 56.6. The smallest absolute Gasteiger partial charge is 0.322 e. The molecular formula is C44H66N12O12. The molecule has 0 aliphatic carbocycles. The number of aliphatic carboxylic acids is 1. The van der Waals surface area contributed by atoms with Gasteiger partial charge >= 0.3 is 5.97 Å². The van der Waals surface area contributed by atoms with Gasteiger partial charge < -0.3 is 75.5 Å². The zero-order valence-corrected chi connectivity index (χ0v) is 38.6. The summed E-state index contributed by atoms with van der Waals surface area (Å²) in [5.74, 6) is -9.02. The highest BCUT2D eigenvalue weighted by molar-refractivity contribution is 5.97. The van der Waals surface area contributed by atoms with Crippen LogP contribution in [-0.4, -0.2) is 130 Å². The molecule has 24 nitrogen and oxygen atoms in total. The molecule has 6 atom stereocenters. The van der Waals surface area contributed by atoms with Crippen molar-refractivity contribution in [2.45, 2.75) is 109 Å². The number of nitrogens with one attached hydrogen (secondary N) is 7. The van der Waals surface area contributed by atoms with Gasteiger partial charge in [-0.25, -0.2) is 0 Å². The van der Waals surface area contributed by atoms with E-state index in [0.717, 1.165) is 0 Å². The highest BCUT2D eigenvalue weighted by Crippen LogP contribution is 2.15. The van der Waals surface area contributed by atoms with E-state index in [1.165, 1.54) is 48.5 Å². The van der Waals surface area contributed by atoms with E-state index < -0.39 is 115 Å². The molecule has 2 rings (SSSR count). The van der Waals surface area contributed by atoms with Gasteiger partial charge in [0.1, 0.15) is 48.3 Å². The highest BCUT2D eigenvalue weighted by Gasteiger charge is 2.34. The molecule has 0 spiro atoms. The molecule has 18 N–H and O–H groups in total. The van der Waals surface area contributed by atoms with Gasteiger partial charge in [0, 0.05) is 25.8 Å². The van der Waals surface area contributed by atoms with Crippen molar-refractivity contribution in [3.63, 3.8) is 0 Å². The van der Waals surface area contributed by atoms with Crippen molar-refractivity contribution < 1.29 is 58.5 Å². The van der Waals surface area contributed by atoms with Crippen LogP contribution in [0.3, 0.4) is 0 Å². The number of hydrogen-bond acceptors (Lipinski definition) is 13. The first-order valence-corrected chi connectivity index (χ1v) is 21.9. The van der Waals surface area contributed by atoms with E-state index in [0.29, 0.717) is 17.5 Å². The van der Waals surface area contributed by atoms with Crippen LogP contribution in [0.25, 0.3) is 0 Å². The van der Waals surface area contributed by atoms with Crippen molar-refractivity contribution >= 4 is 59.2 Å². The number of hydrogen-bond donors (Lipinski definition) is 14. The summed E-state index contributed by atoms with van der Waals surface area (Å²) < 4.78 is 0. The molecule has 24 heteroatoms. The number of rotatable bonds is 29. The zero-order chi connectivity index (χ0) is 51.1. The van der Waals surface area contributed by atoms with E-state index >= 15 is 0 Å². The number of primary amides is 1. The molecule has 374 valence electrons. The molecule has 0 heterocycles. The lowest BCUT2D eigenvalue weighted by Gasteiger charge is -2.29. The van der Waals surface area contributed by atoms with Crippen LogP contribution < -0.4 is 60.2 Å². The van der Waals surface area contributed by atoms with Gasteiger partial charge in [-0.3, -0.25) is 48.1 Å². The fraction of sp³-hybridized carbons (Fsp3) is 0.500. The normalized spacial score (nSPS) is 13.6. The molecule has 0 fully saturated rings. The number of phenolic OH excluding ortho intramolecular Hbond substituents is 2. The second kappa shape index (κ2) is 28.5. The summed E-state index contributed by atoms with van der Waals surface area (Å²) in [6, 6.07) is 3.49. The number of aromatic hydroxyl groups is 2. The third kappa shape index (κ3) is 21.7. The standard InChI is InChI=1S/C44H66N12O12/c1-23(2)18-31(39(64)51-22-36(61)62)54-40(65)30(15-16-34(46)59)53-41(66)33(20-26-9-13-28(58)14-10-26)55-43(68)37(24(3)4)56-42(67)32(19-25-7-11-27(57)12-8-25)52-35(60)21-50-38(63)29(45)6-5-17-49-44(47)48/h7-14,23-24,29-33,37,57-58H,5-6,15-22,45H2,1-4H3,(H2,46,59)(H,50,63)(H,51,64)(H,52,60)(H,53,66)(H,54,65)(H,55,68)(H,56,67)(H,61,62)(H4,47,48,49)/t29-,30-,31-,32-,33-,37-/m0/s1. The lowest BCUT2D eigenvalue weighted by Crippen LogP contribution is -2.61. The second-order valence-corrected chi connectivity index (χ2v) is 16.8. The van der Waals surface area contributed by atoms with Gasteiger partial charge in [-0.05, 0) is 72.9 Å². The maximum absolute atomic E-state index is 14.2. The minimum absolute atomic E-state index is 0.0610. The summed E-state index contributed by atoms with van der Waals surface area (Å²) in [4.78, 5) is 122. The first-order chi connectivity index (χ1) is 31.9. The number of benzene rings is 2. The molecule has 0 saturated carbocycles. The SMILES string of the molecule is CC(C)C[C@H](NC(=O)[C@H](CCC(N)=O)NC(=O)[C@H](Cc1ccc(O)cc1)NC(=O)[C@@H](NC(=O)[C@H](Cc1ccc(O)cc1)NC(=O)CNC(=O)[C@@H](N)CCCN=C(N)N)C(C)C)C(=O)NCC(=O)O. The van der Waals surface area contributed by atoms with Crippen LogP contribution in [-0.2, 0) is 56.0 Å². The Morgan fingerprint density at radius 2 is 1.07 bits per heavy atom. The third-order valence-corrected chi connectivity index (χ3v) is 10.1. The van der Waals surface area contributed by atoms with Gasteiger partial charge in [0.25, 0.3) is 0 Å². The average Bonchev–Trinajstić information content (AvgIpc) is 3.26. The number of carbonyl (C=O) groups is 9. The van der Waals surface area contributed by atoms with Crippen LogP contribution in [0.5, 0.6) is 11.5 Å². The van der Waals surface area contributed by atoms with Crippen LogP contribution >= 0.6 is 0 Å². The van der Waals surface area contributed by atoms with E-state index in [9.17, 15) is 53.4 Å². The summed E-state index contributed by atoms with van der Waals surface area (Å²) >= 11 is 0. The fourth-order valence-corrected chi connectivity index (χ4v) is 6.49. The van der Waals surface area contributed by atoms with Crippen molar-refractivity contribution in [1.82, 2.24) is 37.2 Å². The van der Waals surface area contributed by atoms with Crippen molar-refractivity contribution in [1.29, 1.82) is 0 Å². The lowest BCUT2D eigenvalue weighted by atomic mass is 9.99. The Morgan fingerprint density at radius 3 is 1.57 bits per heavy atom. The van der Waals surface area contributed by atoms with Crippen molar-refractivity contribution in [3.8, 4) is 11.5 Å². The molecule has 0 aromatic heterocycles. The first-order valence-electron chi connectivity index (χ1n) is 21.9. The number of amides is 8. The van der Waals surface area contributed by atoms with Crippen LogP contribution in [0, 0.1) is 11.8 Å². The summed E-state index contributed by atoms with van der Waals surface area (Å²) in [7, 11) is 0. The predicted molar refractivity (Wildman–Crippen MR) is 248 cm³/mol. The Kier molecular flexibility index (Phi) is 23.7. The fourth-order valence-electron chi connectivity index (χ4n) is 6.49. The zero-order valence-electron chi connectivity index (χ0n) is 38.6. The van der Waals surface area contributed by atoms with E-state index in [1.807, 2.05) is 0 Å². The summed E-state index contributed by atoms with van der Waals surface area (Å²) in [5.41, 5.74) is 22.9. The van der Waals surface area contributed by atoms with E-state index in [1.54, 1.807) is 27.7 Å². The molecule has 8 amide bonds. The van der Waals surface area contributed by atoms with Gasteiger partial charge in [-0.15, -0.1) is 0 Å². The molecule has 0 saturated heterocycles. The van der Waals surface area contributed by atoms with Gasteiger partial charge in [-0.2, -0.15) is 0 Å². The Morgan fingerprint density at radius 1 is 0.588 bits per heavy atom. The molecule has 0 bridgehead atoms. The Labute approximate surface area is 393 Å². The highest BCUT2D eigenvalue weighted by atomic mass is 16.4. The van der Waals surface area contributed by atoms with E-state index in [4.69, 9.17) is 28.0 Å². The molecule has 0 aliphatic rings. The Bertz CT molecular complexity index is 2080. The van der Waals surface area contributed by atoms with Gasteiger partial charge in [0.05, 0.1) is 12.6 Å². The van der Waals surface area contributed by atoms with Crippen LogP contribution in [0.15, 0.2) is 53.5 Å². The maximum atomic E-state index is 14.2. The van der Waals surface area contributed by atoms with Crippen molar-refractivity contribution in [2.75, 3.05) is 19.6 Å². The monoisotopic (exact) mass is 954 g/mol. The molecule has 2 aromatic rings. The number of aliphatic imine (C=N–C) groups is 1. The summed E-state index contributed by atoms with van der Waals surface area (Å²) in [6.07, 6.45) is -0.430. The molecular weight excluding hydrogens is 889 g/mol. The summed E-state index contributed by atoms with van der Waals surface area (Å²) in [5, 5.41) is 46.3. The number of guanidine groups is 1. The van der Waals surface area contributed by atoms with Gasteiger partial charge in [-0.1, -0.05) is 52.0 Å². The van der Waals surface area contributed by atoms with Crippen LogP contribution in [0.1, 0.15) is 70.9 Å². The number of carbonyl (C=O) groups excluding carboxylic acids is 8. The number of carboxylic acid groups (broad SMARTS) is 1. The minimum atomic E-state index is -1.50. The van der Waals surface area contributed by atoms with Gasteiger partial charge in [0.15, 0.2) is 5.96 Å². The Balaban J connectivity index is 2.40. The van der Waals surface area contributed by atoms with Crippen LogP contribution in [0.4, 0.5) is 0 Å². The number of phenols is 2. The average molecular weight is 955 g/mol. The molecule has 2 aromatic carbocycles. The lowest BCUT2D eigenvalue weighted by molar-refractivity contribution is -0.138. The summed E-state index contributed by atoms with van der Waals surface area (Å²) in [6.45, 7) is 5.66. The van der Waals surface area contributed by atoms with E-state index in [2.05, 4.69) is 42.2 Å². The number of nitrogens with zero attached hydrogens (tertiary/aromatic N) is 1. The largest absolute Gasteiger partial charge is 0.508 e. The predicted octanol–water partition coefficient (Wildman–Crippen LogP) is -3.03. The third-order valence-electron chi connectivity index (χ3n) is 10.1. The topological polar surface area (TPSA) is 415 Å². The number of nitrogens with two attached hydrogens (primary N) is 4. The second-order valence-electron chi connectivity index (χ2n) is 16.8. The molecule has 0 unspecified atom stereocenters. The van der Waals surface area contributed by atoms with Crippen LogP contribution in [0.2, 0.25) is 0 Å². The molecule has 68 heavy (non-hydrogen) atoms. The Hall–Kier alpha value is -7.50. The maximum Gasteiger partial charge on any atom is 0.322 e. The minimum Gasteiger partial charge on any atom is -0.508 e.